The maximum atomic E-state index is 13.6. The van der Waals surface area contributed by atoms with Crippen LogP contribution >= 0.6 is 0 Å². The number of H-pyrrole nitrogens is 1. The van der Waals surface area contributed by atoms with Crippen LogP contribution in [0.5, 0.6) is 5.75 Å². The highest BCUT2D eigenvalue weighted by Crippen LogP contribution is 2.45. The second-order valence-electron chi connectivity index (χ2n) is 7.72. The number of carbonyl (C=O) groups is 1. The summed E-state index contributed by atoms with van der Waals surface area (Å²) >= 11 is 0. The quantitative estimate of drug-likeness (QED) is 0.256. The minimum absolute atomic E-state index is 0.0882. The Morgan fingerprint density at radius 2 is 1.57 bits per heavy atom. The summed E-state index contributed by atoms with van der Waals surface area (Å²) in [5, 5.41) is 3.45. The van der Waals surface area contributed by atoms with Gasteiger partial charge in [-0.1, -0.05) is 24.3 Å². The molecule has 1 aliphatic carbocycles. The van der Waals surface area contributed by atoms with E-state index in [4.69, 9.17) is 4.74 Å². The summed E-state index contributed by atoms with van der Waals surface area (Å²) in [6.07, 6.45) is 0. The minimum Gasteiger partial charge on any atom is -0.488 e. The number of hydrogen-bond donors (Lipinski definition) is 4. The third kappa shape index (κ3) is 3.69. The molecule has 0 fully saturated rings. The number of aromatic amines is 1. The van der Waals surface area contributed by atoms with E-state index in [9.17, 15) is 26.4 Å². The molecule has 0 saturated heterocycles. The molecular formula is C24H18N2O7S2. The first-order valence-corrected chi connectivity index (χ1v) is 12.9. The number of aromatic nitrogens is 1. The van der Waals surface area contributed by atoms with E-state index in [1.165, 1.54) is 12.1 Å². The van der Waals surface area contributed by atoms with Crippen LogP contribution < -0.4 is 15.6 Å². The molecule has 1 aromatic heterocycles. The van der Waals surface area contributed by atoms with Gasteiger partial charge in [0.1, 0.15) is 0 Å². The standard InChI is InChI=1S/C24H18N2O7S2/c1-2-33-23-19-13-5-3-4-6-14(13)22(27)21-17(10-9-16(20(19)21)26-24(23)28)25-15-8-7-12(34(29)30)11-18(15)35(31)32/h3-11,25,34-35H,2H2,1H3,(H,26,28). The van der Waals surface area contributed by atoms with Gasteiger partial charge in [-0.3, -0.25) is 9.59 Å². The molecule has 4 aromatic rings. The van der Waals surface area contributed by atoms with Gasteiger partial charge in [-0.25, -0.2) is 16.8 Å². The third-order valence-electron chi connectivity index (χ3n) is 5.75. The molecule has 11 heteroatoms. The van der Waals surface area contributed by atoms with Crippen LogP contribution in [0.1, 0.15) is 22.8 Å². The summed E-state index contributed by atoms with van der Waals surface area (Å²) in [5.41, 5.74) is 2.05. The molecule has 35 heavy (non-hydrogen) atoms. The van der Waals surface area contributed by atoms with Gasteiger partial charge < -0.3 is 15.0 Å². The third-order valence-corrected chi connectivity index (χ3v) is 7.21. The van der Waals surface area contributed by atoms with E-state index in [-0.39, 0.29) is 39.2 Å². The Kier molecular flexibility index (Phi) is 5.65. The summed E-state index contributed by atoms with van der Waals surface area (Å²) < 4.78 is 52.1. The molecule has 3 aromatic carbocycles. The average molecular weight is 511 g/mol. The predicted octanol–water partition coefficient (Wildman–Crippen LogP) is 2.82. The lowest BCUT2D eigenvalue weighted by atomic mass is 9.83. The lowest BCUT2D eigenvalue weighted by molar-refractivity contribution is 0.104. The number of fused-ring (bicyclic) bond motifs is 2. The minimum atomic E-state index is -3.14. The fraction of sp³-hybridized carbons (Fsp3) is 0.0833. The molecule has 0 bridgehead atoms. The van der Waals surface area contributed by atoms with Gasteiger partial charge in [0.05, 0.1) is 38.9 Å². The number of carbonyl (C=O) groups excluding carboxylic acids is 1. The van der Waals surface area contributed by atoms with Crippen molar-refractivity contribution in [1.29, 1.82) is 0 Å². The van der Waals surface area contributed by atoms with Crippen molar-refractivity contribution >= 4 is 49.5 Å². The highest BCUT2D eigenvalue weighted by Gasteiger charge is 2.31. The van der Waals surface area contributed by atoms with Gasteiger partial charge in [0.15, 0.2) is 32.9 Å². The molecule has 0 spiro atoms. The number of ether oxygens (including phenoxy) is 1. The van der Waals surface area contributed by atoms with Crippen LogP contribution in [0.3, 0.4) is 0 Å². The SMILES string of the molecule is CCOc1c2c3c(c(Nc4ccc([SH](=O)=O)cc4[SH](=O)=O)ccc3[nH]c1=O)C(=O)c1ccccc1-2. The zero-order valence-corrected chi connectivity index (χ0v) is 19.9. The van der Waals surface area contributed by atoms with E-state index >= 15 is 0 Å². The normalized spacial score (nSPS) is 12.3. The van der Waals surface area contributed by atoms with Crippen molar-refractivity contribution < 1.29 is 26.4 Å². The van der Waals surface area contributed by atoms with Gasteiger partial charge in [0.2, 0.25) is 0 Å². The summed E-state index contributed by atoms with van der Waals surface area (Å²) in [4.78, 5) is 28.8. The summed E-state index contributed by atoms with van der Waals surface area (Å²) in [7, 11) is -6.12. The first kappa shape index (κ1) is 22.8. The fourth-order valence-corrected chi connectivity index (χ4v) is 5.43. The predicted molar refractivity (Wildman–Crippen MR) is 131 cm³/mol. The van der Waals surface area contributed by atoms with E-state index in [1.54, 1.807) is 43.3 Å². The highest BCUT2D eigenvalue weighted by molar-refractivity contribution is 7.73. The number of hydrogen-bond acceptors (Lipinski definition) is 8. The first-order valence-electron chi connectivity index (χ1n) is 10.5. The highest BCUT2D eigenvalue weighted by atomic mass is 32.2. The van der Waals surface area contributed by atoms with Gasteiger partial charge in [-0.05, 0) is 42.8 Å². The van der Waals surface area contributed by atoms with Crippen molar-refractivity contribution in [1.82, 2.24) is 4.98 Å². The molecule has 0 radical (unpaired) electrons. The number of rotatable bonds is 6. The number of ketones is 1. The maximum Gasteiger partial charge on any atom is 0.291 e. The number of benzene rings is 3. The van der Waals surface area contributed by atoms with Crippen molar-refractivity contribution in [2.24, 2.45) is 0 Å². The van der Waals surface area contributed by atoms with E-state index in [2.05, 4.69) is 10.3 Å². The molecule has 1 heterocycles. The molecule has 0 amide bonds. The molecule has 0 atom stereocenters. The number of thiol groups is 2. The lowest BCUT2D eigenvalue weighted by Crippen LogP contribution is -2.19. The summed E-state index contributed by atoms with van der Waals surface area (Å²) in [6, 6.07) is 13.7. The molecule has 5 rings (SSSR count). The van der Waals surface area contributed by atoms with Gasteiger partial charge in [-0.15, -0.1) is 0 Å². The molecule has 0 saturated carbocycles. The largest absolute Gasteiger partial charge is 0.488 e. The van der Waals surface area contributed by atoms with Gasteiger partial charge in [0, 0.05) is 16.5 Å². The average Bonchev–Trinajstić information content (AvgIpc) is 2.84. The second kappa shape index (κ2) is 8.67. The van der Waals surface area contributed by atoms with Crippen LogP contribution in [0.4, 0.5) is 11.4 Å². The molecule has 0 unspecified atom stereocenters. The van der Waals surface area contributed by atoms with E-state index in [1.807, 2.05) is 0 Å². The number of anilines is 2. The number of pyridine rings is 1. The Morgan fingerprint density at radius 1 is 0.857 bits per heavy atom. The topological polar surface area (TPSA) is 139 Å². The van der Waals surface area contributed by atoms with E-state index in [0.29, 0.717) is 33.3 Å². The Hall–Kier alpha value is -3.96. The monoisotopic (exact) mass is 510 g/mol. The molecule has 1 aliphatic rings. The lowest BCUT2D eigenvalue weighted by Gasteiger charge is -2.24. The van der Waals surface area contributed by atoms with Crippen LogP contribution in [0.2, 0.25) is 0 Å². The number of nitrogens with one attached hydrogen (secondary N) is 2. The van der Waals surface area contributed by atoms with E-state index in [0.717, 1.165) is 6.07 Å². The van der Waals surface area contributed by atoms with Crippen molar-refractivity contribution in [3.8, 4) is 16.9 Å². The zero-order valence-electron chi connectivity index (χ0n) is 18.2. The zero-order chi connectivity index (χ0) is 24.9. The van der Waals surface area contributed by atoms with Gasteiger partial charge >= 0.3 is 0 Å². The van der Waals surface area contributed by atoms with Crippen molar-refractivity contribution in [2.75, 3.05) is 11.9 Å². The molecular weight excluding hydrogens is 492 g/mol. The Balaban J connectivity index is 1.82. The summed E-state index contributed by atoms with van der Waals surface area (Å²) in [5.74, 6) is -0.228. The Bertz CT molecular complexity index is 1750. The van der Waals surface area contributed by atoms with Crippen molar-refractivity contribution in [3.05, 3.63) is 76.1 Å². The van der Waals surface area contributed by atoms with E-state index < -0.39 is 27.0 Å². The van der Waals surface area contributed by atoms with Crippen LogP contribution in [-0.2, 0) is 21.4 Å². The van der Waals surface area contributed by atoms with Crippen molar-refractivity contribution in [2.45, 2.75) is 16.7 Å². The van der Waals surface area contributed by atoms with Gasteiger partial charge in [0.25, 0.3) is 5.56 Å². The van der Waals surface area contributed by atoms with Crippen LogP contribution in [-0.4, -0.2) is 34.2 Å². The fourth-order valence-electron chi connectivity index (χ4n) is 4.32. The second-order valence-corrected chi connectivity index (χ2v) is 9.74. The van der Waals surface area contributed by atoms with Gasteiger partial charge in [-0.2, -0.15) is 0 Å². The Labute approximate surface area is 202 Å². The van der Waals surface area contributed by atoms with Crippen LogP contribution in [0.15, 0.2) is 69.2 Å². The molecule has 2 N–H and O–H groups in total. The van der Waals surface area contributed by atoms with Crippen LogP contribution in [0.25, 0.3) is 22.0 Å². The summed E-state index contributed by atoms with van der Waals surface area (Å²) in [6.45, 7) is 1.99. The maximum absolute atomic E-state index is 13.6. The molecule has 178 valence electrons. The van der Waals surface area contributed by atoms with Crippen molar-refractivity contribution in [3.63, 3.8) is 0 Å². The smallest absolute Gasteiger partial charge is 0.291 e. The van der Waals surface area contributed by atoms with Crippen LogP contribution in [0, 0.1) is 0 Å². The first-order chi connectivity index (χ1) is 16.8. The Morgan fingerprint density at radius 3 is 2.26 bits per heavy atom. The molecule has 0 aliphatic heterocycles. The molecule has 9 nitrogen and oxygen atoms in total.